The van der Waals surface area contributed by atoms with Gasteiger partial charge in [0.1, 0.15) is 5.82 Å². The van der Waals surface area contributed by atoms with E-state index in [0.29, 0.717) is 12.5 Å². The number of halogens is 2. The summed E-state index contributed by atoms with van der Waals surface area (Å²) in [6, 6.07) is 15.0. The van der Waals surface area contributed by atoms with E-state index < -0.39 is 0 Å². The van der Waals surface area contributed by atoms with Crippen LogP contribution in [0, 0.1) is 5.82 Å². The van der Waals surface area contributed by atoms with Crippen molar-refractivity contribution < 1.29 is 9.18 Å². The molecule has 2 N–H and O–H groups in total. The van der Waals surface area contributed by atoms with Crippen LogP contribution in [0.3, 0.4) is 0 Å². The lowest BCUT2D eigenvalue weighted by atomic mass is 9.99. The summed E-state index contributed by atoms with van der Waals surface area (Å²) in [6.07, 6.45) is 3.24. The van der Waals surface area contributed by atoms with Crippen LogP contribution >= 0.6 is 15.9 Å². The summed E-state index contributed by atoms with van der Waals surface area (Å²) in [5.74, 6) is -0.0730. The van der Waals surface area contributed by atoms with E-state index in [1.54, 1.807) is 17.0 Å². The van der Waals surface area contributed by atoms with Crippen LogP contribution in [0.4, 0.5) is 4.39 Å². The van der Waals surface area contributed by atoms with Crippen LogP contribution in [0.5, 0.6) is 0 Å². The van der Waals surface area contributed by atoms with Gasteiger partial charge in [-0.25, -0.2) is 4.39 Å². The Morgan fingerprint density at radius 2 is 2.00 bits per heavy atom. The minimum absolute atomic E-state index is 0.127. The molecule has 0 radical (unpaired) electrons. The number of likely N-dealkylation sites (N-methyl/N-ethyl adjacent to an activating group) is 1. The maximum absolute atomic E-state index is 13.4. The van der Waals surface area contributed by atoms with Crippen LogP contribution in [-0.2, 0) is 11.2 Å². The maximum Gasteiger partial charge on any atom is 0.226 e. The average molecular weight is 434 g/mol. The van der Waals surface area contributed by atoms with Gasteiger partial charge in [0.15, 0.2) is 0 Å². The maximum atomic E-state index is 13.4. The first kappa shape index (κ1) is 20.0. The number of carbonyl (C=O) groups is 1. The monoisotopic (exact) mass is 433 g/mol. The number of benzene rings is 2. The van der Waals surface area contributed by atoms with Crippen LogP contribution in [0.2, 0.25) is 0 Å². The fraction of sp³-hybridized carbons (Fsp3) is 0.381. The Bertz CT molecular complexity index is 768. The quantitative estimate of drug-likeness (QED) is 0.693. The lowest BCUT2D eigenvalue weighted by Crippen LogP contribution is -2.33. The first-order chi connectivity index (χ1) is 13.0. The molecule has 1 heterocycles. The molecule has 4 nitrogen and oxygen atoms in total. The highest BCUT2D eigenvalue weighted by molar-refractivity contribution is 9.10. The van der Waals surface area contributed by atoms with E-state index in [1.807, 2.05) is 37.4 Å². The predicted octanol–water partition coefficient (Wildman–Crippen LogP) is 3.98. The molecule has 1 saturated heterocycles. The van der Waals surface area contributed by atoms with Gasteiger partial charge in [0.2, 0.25) is 5.91 Å². The van der Waals surface area contributed by atoms with Crippen molar-refractivity contribution in [2.24, 2.45) is 0 Å². The first-order valence-corrected chi connectivity index (χ1v) is 10.1. The summed E-state index contributed by atoms with van der Waals surface area (Å²) in [6.45, 7) is 0.734. The fourth-order valence-electron chi connectivity index (χ4n) is 3.36. The summed E-state index contributed by atoms with van der Waals surface area (Å²) in [5, 5.41) is 0. The summed E-state index contributed by atoms with van der Waals surface area (Å²) in [7, 11) is 1.86. The predicted molar refractivity (Wildman–Crippen MR) is 109 cm³/mol. The van der Waals surface area contributed by atoms with E-state index in [4.69, 9.17) is 0 Å². The van der Waals surface area contributed by atoms with Crippen molar-refractivity contribution >= 4 is 21.8 Å². The summed E-state index contributed by atoms with van der Waals surface area (Å²) in [4.78, 5) is 14.1. The Labute approximate surface area is 168 Å². The molecule has 0 aromatic heterocycles. The minimum atomic E-state index is -0.205. The third-order valence-electron chi connectivity index (χ3n) is 4.97. The Morgan fingerprint density at radius 3 is 2.74 bits per heavy atom. The number of nitrogens with zero attached hydrogens (tertiary/aromatic N) is 1. The van der Waals surface area contributed by atoms with Crippen LogP contribution < -0.4 is 10.9 Å². The largest absolute Gasteiger partial charge is 0.345 e. The number of hydrogen-bond donors (Lipinski definition) is 2. The van der Waals surface area contributed by atoms with Crippen LogP contribution in [-0.4, -0.2) is 30.4 Å². The second-order valence-corrected chi connectivity index (χ2v) is 8.01. The van der Waals surface area contributed by atoms with Crippen molar-refractivity contribution in [3.8, 4) is 0 Å². The van der Waals surface area contributed by atoms with Gasteiger partial charge in [-0.05, 0) is 54.7 Å². The summed E-state index contributed by atoms with van der Waals surface area (Å²) < 4.78 is 14.4. The zero-order chi connectivity index (χ0) is 19.2. The molecule has 1 fully saturated rings. The van der Waals surface area contributed by atoms with Gasteiger partial charge in [-0.1, -0.05) is 40.2 Å². The molecule has 0 aliphatic carbocycles. The summed E-state index contributed by atoms with van der Waals surface area (Å²) >= 11 is 3.40. The van der Waals surface area contributed by atoms with Gasteiger partial charge in [0, 0.05) is 30.1 Å². The Hall–Kier alpha value is -1.76. The van der Waals surface area contributed by atoms with Gasteiger partial charge >= 0.3 is 0 Å². The Morgan fingerprint density at radius 1 is 1.22 bits per heavy atom. The minimum Gasteiger partial charge on any atom is -0.345 e. The Kier molecular flexibility index (Phi) is 6.99. The van der Waals surface area contributed by atoms with E-state index in [-0.39, 0.29) is 17.8 Å². The molecular formula is C21H25BrFN3O. The second kappa shape index (κ2) is 9.44. The van der Waals surface area contributed by atoms with Crippen LogP contribution in [0.15, 0.2) is 53.0 Å². The van der Waals surface area contributed by atoms with Gasteiger partial charge in [0.25, 0.3) is 0 Å². The number of carbonyl (C=O) groups excluding carboxylic acids is 1. The van der Waals surface area contributed by atoms with Crippen LogP contribution in [0.1, 0.15) is 36.4 Å². The van der Waals surface area contributed by atoms with E-state index in [9.17, 15) is 9.18 Å². The SMILES string of the molecule is CN(CCCC1CC(c2cccc(F)c2)NN1)C(=O)Cc1ccc(Br)cc1. The number of hydrogen-bond acceptors (Lipinski definition) is 3. The van der Waals surface area contributed by atoms with E-state index >= 15 is 0 Å². The molecule has 3 rings (SSSR count). The molecule has 1 aliphatic rings. The van der Waals surface area contributed by atoms with Gasteiger partial charge in [0.05, 0.1) is 6.42 Å². The molecule has 1 amide bonds. The molecule has 0 bridgehead atoms. The van der Waals surface area contributed by atoms with Crippen molar-refractivity contribution in [2.45, 2.75) is 37.8 Å². The molecule has 0 saturated carbocycles. The number of amides is 1. The smallest absolute Gasteiger partial charge is 0.226 e. The third kappa shape index (κ3) is 5.86. The average Bonchev–Trinajstić information content (AvgIpc) is 3.12. The van der Waals surface area contributed by atoms with Crippen molar-refractivity contribution in [1.29, 1.82) is 0 Å². The molecule has 1 aliphatic heterocycles. The Balaban J connectivity index is 1.39. The molecule has 2 atom stereocenters. The van der Waals surface area contributed by atoms with E-state index in [0.717, 1.165) is 41.4 Å². The zero-order valence-corrected chi connectivity index (χ0v) is 17.0. The fourth-order valence-corrected chi connectivity index (χ4v) is 3.63. The van der Waals surface area contributed by atoms with Crippen molar-refractivity contribution in [2.75, 3.05) is 13.6 Å². The van der Waals surface area contributed by atoms with E-state index in [2.05, 4.69) is 26.8 Å². The van der Waals surface area contributed by atoms with E-state index in [1.165, 1.54) is 6.07 Å². The lowest BCUT2D eigenvalue weighted by Gasteiger charge is -2.18. The highest BCUT2D eigenvalue weighted by atomic mass is 79.9. The van der Waals surface area contributed by atoms with Gasteiger partial charge < -0.3 is 4.90 Å². The molecule has 2 aromatic rings. The molecule has 2 aromatic carbocycles. The standard InChI is InChI=1S/C21H25BrFN3O/c1-26(21(27)12-15-7-9-17(22)10-8-15)11-3-6-19-14-20(25-24-19)16-4-2-5-18(23)13-16/h2,4-5,7-10,13,19-20,24-25H,3,6,11-12,14H2,1H3. The van der Waals surface area contributed by atoms with Crippen molar-refractivity contribution in [1.82, 2.24) is 15.8 Å². The van der Waals surface area contributed by atoms with Gasteiger partial charge in [-0.15, -0.1) is 0 Å². The molecule has 2 unspecified atom stereocenters. The summed E-state index contributed by atoms with van der Waals surface area (Å²) in [5.41, 5.74) is 8.53. The number of rotatable bonds is 7. The second-order valence-electron chi connectivity index (χ2n) is 7.09. The van der Waals surface area contributed by atoms with Crippen molar-refractivity contribution in [3.05, 3.63) is 69.9 Å². The zero-order valence-electron chi connectivity index (χ0n) is 15.4. The molecule has 0 spiro atoms. The molecule has 6 heteroatoms. The first-order valence-electron chi connectivity index (χ1n) is 9.26. The van der Waals surface area contributed by atoms with Gasteiger partial charge in [-0.3, -0.25) is 15.6 Å². The third-order valence-corrected chi connectivity index (χ3v) is 5.50. The lowest BCUT2D eigenvalue weighted by molar-refractivity contribution is -0.129. The number of nitrogens with one attached hydrogen (secondary N) is 2. The highest BCUT2D eigenvalue weighted by Gasteiger charge is 2.25. The molecule has 144 valence electrons. The normalized spacial score (nSPS) is 19.2. The highest BCUT2D eigenvalue weighted by Crippen LogP contribution is 2.24. The molecular weight excluding hydrogens is 409 g/mol. The van der Waals surface area contributed by atoms with Crippen LogP contribution in [0.25, 0.3) is 0 Å². The van der Waals surface area contributed by atoms with Crippen molar-refractivity contribution in [3.63, 3.8) is 0 Å². The molecule has 27 heavy (non-hydrogen) atoms. The van der Waals surface area contributed by atoms with Gasteiger partial charge in [-0.2, -0.15) is 0 Å². The number of hydrazine groups is 1. The topological polar surface area (TPSA) is 44.4 Å².